The van der Waals surface area contributed by atoms with Crippen LogP contribution in [0.4, 0.5) is 10.5 Å². The molecule has 4 aromatic rings. The molecule has 2 unspecified atom stereocenters. The van der Waals surface area contributed by atoms with Crippen LogP contribution in [0.1, 0.15) is 55.8 Å². The molecule has 39 heavy (non-hydrogen) atoms. The number of nitrogens with one attached hydrogen (secondary N) is 1. The molecule has 2 saturated heterocycles. The zero-order chi connectivity index (χ0) is 26.5. The molecular weight excluding hydrogens is 533 g/mol. The van der Waals surface area contributed by atoms with Crippen LogP contribution in [0.25, 0.3) is 22.0 Å². The number of benzene rings is 3. The van der Waals surface area contributed by atoms with Crippen LogP contribution < -0.4 is 5.32 Å². The molecule has 7 rings (SSSR count). The number of rotatable bonds is 6. The molecule has 2 atom stereocenters. The number of anilines is 1. The van der Waals surface area contributed by atoms with E-state index in [-0.39, 0.29) is 24.2 Å². The number of nitrogens with zero attached hydrogens (tertiary/aromatic N) is 2. The second-order valence-corrected chi connectivity index (χ2v) is 11.7. The van der Waals surface area contributed by atoms with Gasteiger partial charge in [0.1, 0.15) is 11.5 Å². The Labute approximate surface area is 237 Å². The van der Waals surface area contributed by atoms with Gasteiger partial charge >= 0.3 is 6.03 Å². The van der Waals surface area contributed by atoms with E-state index in [0.29, 0.717) is 33.8 Å². The number of amides is 2. The quantitative estimate of drug-likeness (QED) is 0.256. The maximum absolute atomic E-state index is 13.4. The average molecular weight is 562 g/mol. The zero-order valence-electron chi connectivity index (χ0n) is 21.4. The monoisotopic (exact) mass is 561 g/mol. The minimum Gasteiger partial charge on any atom is -0.373 e. The van der Waals surface area contributed by atoms with Gasteiger partial charge in [-0.1, -0.05) is 70.8 Å². The Kier molecular flexibility index (Phi) is 6.50. The van der Waals surface area contributed by atoms with Gasteiger partial charge in [-0.25, -0.2) is 4.79 Å². The highest BCUT2D eigenvalue weighted by Crippen LogP contribution is 2.46. The van der Waals surface area contributed by atoms with Crippen molar-refractivity contribution in [3.8, 4) is 11.3 Å². The maximum Gasteiger partial charge on any atom is 0.322 e. The minimum atomic E-state index is -0.0250. The Hall–Kier alpha value is -3.06. The standard InChI is InChI=1S/C31H29Cl2N3O3/c32-25-8-4-9-26(33)28(25)29-24(30(39-35-29)19-11-12-19)17-38-22-15-20-13-14-21(16-22)36(20)31(37)34-27-10-3-6-18-5-1-2-7-23(18)27/h1-10,19-22H,11-17H2,(H,34,37). The van der Waals surface area contributed by atoms with Crippen molar-refractivity contribution in [1.29, 1.82) is 0 Å². The van der Waals surface area contributed by atoms with Crippen LogP contribution in [-0.4, -0.2) is 34.3 Å². The molecule has 1 saturated carbocycles. The van der Waals surface area contributed by atoms with E-state index < -0.39 is 0 Å². The summed E-state index contributed by atoms with van der Waals surface area (Å²) in [4.78, 5) is 15.5. The number of aromatic nitrogens is 1. The fraction of sp³-hybridized carbons (Fsp3) is 0.355. The van der Waals surface area contributed by atoms with Gasteiger partial charge in [-0.15, -0.1) is 0 Å². The lowest BCUT2D eigenvalue weighted by atomic mass is 9.99. The highest BCUT2D eigenvalue weighted by molar-refractivity contribution is 6.39. The van der Waals surface area contributed by atoms with E-state index in [0.717, 1.165) is 66.3 Å². The highest BCUT2D eigenvalue weighted by Gasteiger charge is 2.44. The van der Waals surface area contributed by atoms with Crippen molar-refractivity contribution in [2.45, 2.75) is 69.2 Å². The molecule has 1 aromatic heterocycles. The van der Waals surface area contributed by atoms with Crippen molar-refractivity contribution in [2.75, 3.05) is 5.32 Å². The van der Waals surface area contributed by atoms with Crippen molar-refractivity contribution >= 4 is 45.7 Å². The average Bonchev–Trinajstić information content (AvgIpc) is 3.64. The highest BCUT2D eigenvalue weighted by atomic mass is 35.5. The first-order chi connectivity index (χ1) is 19.1. The summed E-state index contributed by atoms with van der Waals surface area (Å²) < 4.78 is 12.3. The predicted molar refractivity (Wildman–Crippen MR) is 153 cm³/mol. The molecule has 3 heterocycles. The zero-order valence-corrected chi connectivity index (χ0v) is 22.9. The molecule has 6 nitrogen and oxygen atoms in total. The van der Waals surface area contributed by atoms with E-state index in [4.69, 9.17) is 32.5 Å². The first-order valence-electron chi connectivity index (χ1n) is 13.7. The maximum atomic E-state index is 13.4. The van der Waals surface area contributed by atoms with Crippen LogP contribution in [0.15, 0.2) is 65.2 Å². The lowest BCUT2D eigenvalue weighted by Gasteiger charge is -2.38. The third kappa shape index (κ3) is 4.69. The van der Waals surface area contributed by atoms with E-state index in [9.17, 15) is 4.79 Å². The lowest BCUT2D eigenvalue weighted by molar-refractivity contribution is -0.0158. The molecule has 0 spiro atoms. The van der Waals surface area contributed by atoms with Crippen LogP contribution in [0.3, 0.4) is 0 Å². The number of urea groups is 1. The molecule has 2 aliphatic heterocycles. The Morgan fingerprint density at radius 3 is 2.38 bits per heavy atom. The Balaban J connectivity index is 1.06. The summed E-state index contributed by atoms with van der Waals surface area (Å²) in [6.07, 6.45) is 5.85. The summed E-state index contributed by atoms with van der Waals surface area (Å²) in [5.74, 6) is 1.26. The SMILES string of the molecule is O=C(Nc1cccc2ccccc12)N1C2CCC1CC(OCc1c(-c3c(Cl)cccc3Cl)noc1C1CC1)C2. The molecule has 8 heteroatoms. The van der Waals surface area contributed by atoms with Gasteiger partial charge in [-0.2, -0.15) is 0 Å². The van der Waals surface area contributed by atoms with Gasteiger partial charge in [-0.05, 0) is 62.1 Å². The third-order valence-electron chi connectivity index (χ3n) is 8.39. The molecule has 0 radical (unpaired) electrons. The lowest BCUT2D eigenvalue weighted by Crippen LogP contribution is -2.50. The normalized spacial score (nSPS) is 22.4. The summed E-state index contributed by atoms with van der Waals surface area (Å²) in [5, 5.41) is 10.8. The van der Waals surface area contributed by atoms with Gasteiger partial charge in [0.2, 0.25) is 0 Å². The Morgan fingerprint density at radius 2 is 1.64 bits per heavy atom. The van der Waals surface area contributed by atoms with E-state index >= 15 is 0 Å². The fourth-order valence-electron chi connectivity index (χ4n) is 6.36. The summed E-state index contributed by atoms with van der Waals surface area (Å²) in [6.45, 7) is 0.387. The molecule has 1 N–H and O–H groups in total. The van der Waals surface area contributed by atoms with Gasteiger partial charge in [0.15, 0.2) is 0 Å². The first-order valence-corrected chi connectivity index (χ1v) is 14.4. The van der Waals surface area contributed by atoms with Crippen LogP contribution in [0.2, 0.25) is 10.0 Å². The Morgan fingerprint density at radius 1 is 0.949 bits per heavy atom. The van der Waals surface area contributed by atoms with Gasteiger partial charge in [-0.3, -0.25) is 0 Å². The number of carbonyl (C=O) groups excluding carboxylic acids is 1. The topological polar surface area (TPSA) is 67.6 Å². The van der Waals surface area contributed by atoms with Gasteiger partial charge < -0.3 is 19.5 Å². The molecule has 3 fully saturated rings. The molecule has 1 aliphatic carbocycles. The van der Waals surface area contributed by atoms with Gasteiger partial charge in [0.25, 0.3) is 0 Å². The number of hydrogen-bond acceptors (Lipinski definition) is 4. The fourth-order valence-corrected chi connectivity index (χ4v) is 6.93. The van der Waals surface area contributed by atoms with Crippen molar-refractivity contribution in [3.63, 3.8) is 0 Å². The minimum absolute atomic E-state index is 0.0250. The predicted octanol–water partition coefficient (Wildman–Crippen LogP) is 8.42. The van der Waals surface area contributed by atoms with Gasteiger partial charge in [0.05, 0.1) is 28.4 Å². The second kappa shape index (κ2) is 10.2. The van der Waals surface area contributed by atoms with Crippen molar-refractivity contribution in [2.24, 2.45) is 0 Å². The number of fused-ring (bicyclic) bond motifs is 3. The van der Waals surface area contributed by atoms with Gasteiger partial charge in [0, 0.05) is 34.5 Å². The van der Waals surface area contributed by atoms with Crippen LogP contribution in [0, 0.1) is 0 Å². The summed E-state index contributed by atoms with van der Waals surface area (Å²) in [7, 11) is 0. The van der Waals surface area contributed by atoms with E-state index in [2.05, 4.69) is 22.6 Å². The van der Waals surface area contributed by atoms with Crippen molar-refractivity contribution < 1.29 is 14.1 Å². The Bertz CT molecular complexity index is 1510. The summed E-state index contributed by atoms with van der Waals surface area (Å²) >= 11 is 13.0. The largest absolute Gasteiger partial charge is 0.373 e. The third-order valence-corrected chi connectivity index (χ3v) is 9.02. The smallest absolute Gasteiger partial charge is 0.322 e. The number of halogens is 2. The van der Waals surface area contributed by atoms with Crippen LogP contribution in [0.5, 0.6) is 0 Å². The number of ether oxygens (including phenoxy) is 1. The molecule has 3 aromatic carbocycles. The summed E-state index contributed by atoms with van der Waals surface area (Å²) in [6, 6.07) is 19.9. The number of piperidine rings is 1. The van der Waals surface area contributed by atoms with Crippen molar-refractivity contribution in [3.05, 3.63) is 82.0 Å². The van der Waals surface area contributed by atoms with E-state index in [1.54, 1.807) is 0 Å². The molecule has 200 valence electrons. The van der Waals surface area contributed by atoms with Crippen LogP contribution in [-0.2, 0) is 11.3 Å². The van der Waals surface area contributed by atoms with Crippen LogP contribution >= 0.6 is 23.2 Å². The van der Waals surface area contributed by atoms with Crippen molar-refractivity contribution in [1.82, 2.24) is 10.1 Å². The summed E-state index contributed by atoms with van der Waals surface area (Å²) in [5.41, 5.74) is 3.15. The van der Waals surface area contributed by atoms with E-state index in [1.165, 1.54) is 0 Å². The molecular formula is C31H29Cl2N3O3. The molecule has 2 bridgehead atoms. The van der Waals surface area contributed by atoms with E-state index in [1.807, 2.05) is 53.4 Å². The second-order valence-electron chi connectivity index (χ2n) is 10.9. The number of hydrogen-bond donors (Lipinski definition) is 1. The number of carbonyl (C=O) groups is 1. The molecule has 2 amide bonds. The first kappa shape index (κ1) is 24.9. The molecule has 3 aliphatic rings.